The number of piperidine rings is 1. The van der Waals surface area contributed by atoms with Gasteiger partial charge in [0.1, 0.15) is 0 Å². The number of halogens is 4. The molecule has 0 unspecified atom stereocenters. The number of benzene rings is 1. The van der Waals surface area contributed by atoms with E-state index in [-0.39, 0.29) is 5.92 Å². The van der Waals surface area contributed by atoms with Gasteiger partial charge < -0.3 is 4.90 Å². The molecule has 7 heteroatoms. The van der Waals surface area contributed by atoms with E-state index < -0.39 is 11.7 Å². The van der Waals surface area contributed by atoms with E-state index in [1.165, 1.54) is 12.1 Å². The first kappa shape index (κ1) is 16.1. The number of anilines is 1. The lowest BCUT2D eigenvalue weighted by molar-refractivity contribution is -0.137. The molecule has 2 heterocycles. The number of alkyl halides is 3. The Morgan fingerprint density at radius 1 is 1.04 bits per heavy atom. The predicted molar refractivity (Wildman–Crippen MR) is 82.7 cm³/mol. The molecular formula is C16H15ClF3N3. The summed E-state index contributed by atoms with van der Waals surface area (Å²) < 4.78 is 38.5. The van der Waals surface area contributed by atoms with Crippen molar-refractivity contribution >= 4 is 17.4 Å². The zero-order valence-electron chi connectivity index (χ0n) is 12.2. The Kier molecular flexibility index (Phi) is 4.43. The highest BCUT2D eigenvalue weighted by molar-refractivity contribution is 6.29. The molecule has 122 valence electrons. The standard InChI is InChI=1S/C16H15ClF3N3/c17-14-4-5-15(22-21-14)23-8-6-11(7-9-23)12-2-1-3-13(10-12)16(18,19)20/h1-5,10-11H,6-9H2. The summed E-state index contributed by atoms with van der Waals surface area (Å²) >= 11 is 5.72. The van der Waals surface area contributed by atoms with E-state index in [0.717, 1.165) is 43.4 Å². The summed E-state index contributed by atoms with van der Waals surface area (Å²) in [6.45, 7) is 1.47. The number of aromatic nitrogens is 2. The maximum absolute atomic E-state index is 12.8. The van der Waals surface area contributed by atoms with E-state index in [9.17, 15) is 13.2 Å². The van der Waals surface area contributed by atoms with E-state index in [1.807, 2.05) is 0 Å². The van der Waals surface area contributed by atoms with E-state index >= 15 is 0 Å². The molecule has 1 fully saturated rings. The summed E-state index contributed by atoms with van der Waals surface area (Å²) in [7, 11) is 0. The molecule has 0 bridgehead atoms. The molecule has 1 aromatic carbocycles. The SMILES string of the molecule is FC(F)(F)c1cccc(C2CCN(c3ccc(Cl)nn3)CC2)c1. The van der Waals surface area contributed by atoms with Crippen LogP contribution in [0, 0.1) is 0 Å². The molecule has 3 nitrogen and oxygen atoms in total. The molecule has 0 radical (unpaired) electrons. The lowest BCUT2D eigenvalue weighted by Crippen LogP contribution is -2.33. The number of nitrogens with zero attached hydrogens (tertiary/aromatic N) is 3. The second kappa shape index (κ2) is 6.35. The fraction of sp³-hybridized carbons (Fsp3) is 0.375. The van der Waals surface area contributed by atoms with Crippen molar-refractivity contribution in [3.05, 3.63) is 52.7 Å². The molecular weight excluding hydrogens is 327 g/mol. The summed E-state index contributed by atoms with van der Waals surface area (Å²) in [5.41, 5.74) is 0.169. The molecule has 1 saturated heterocycles. The van der Waals surface area contributed by atoms with Crippen LogP contribution in [0.25, 0.3) is 0 Å². The summed E-state index contributed by atoms with van der Waals surface area (Å²) in [5.74, 6) is 0.880. The first-order chi connectivity index (χ1) is 10.9. The normalized spacial score (nSPS) is 16.6. The van der Waals surface area contributed by atoms with Crippen molar-refractivity contribution in [1.29, 1.82) is 0 Å². The van der Waals surface area contributed by atoms with E-state index in [2.05, 4.69) is 15.1 Å². The highest BCUT2D eigenvalue weighted by atomic mass is 35.5. The molecule has 0 spiro atoms. The average molecular weight is 342 g/mol. The molecule has 0 N–H and O–H groups in total. The Bertz CT molecular complexity index is 665. The molecule has 1 aliphatic rings. The van der Waals surface area contributed by atoms with Gasteiger partial charge in [-0.15, -0.1) is 10.2 Å². The molecule has 23 heavy (non-hydrogen) atoms. The van der Waals surface area contributed by atoms with E-state index in [1.54, 1.807) is 18.2 Å². The largest absolute Gasteiger partial charge is 0.416 e. The fourth-order valence-corrected chi connectivity index (χ4v) is 2.99. The van der Waals surface area contributed by atoms with E-state index in [0.29, 0.717) is 5.15 Å². The molecule has 0 aliphatic carbocycles. The Balaban J connectivity index is 1.68. The minimum absolute atomic E-state index is 0.133. The van der Waals surface area contributed by atoms with Crippen molar-refractivity contribution < 1.29 is 13.2 Å². The maximum atomic E-state index is 12.8. The van der Waals surface area contributed by atoms with Gasteiger partial charge in [-0.05, 0) is 42.5 Å². The van der Waals surface area contributed by atoms with Crippen LogP contribution < -0.4 is 4.90 Å². The topological polar surface area (TPSA) is 29.0 Å². The third kappa shape index (κ3) is 3.75. The van der Waals surface area contributed by atoms with Crippen LogP contribution >= 0.6 is 11.6 Å². The third-order valence-corrected chi connectivity index (χ3v) is 4.32. The van der Waals surface area contributed by atoms with Crippen molar-refractivity contribution in [2.24, 2.45) is 0 Å². The highest BCUT2D eigenvalue weighted by Gasteiger charge is 2.31. The zero-order valence-corrected chi connectivity index (χ0v) is 13.0. The molecule has 1 aromatic heterocycles. The first-order valence-corrected chi connectivity index (χ1v) is 7.72. The van der Waals surface area contributed by atoms with E-state index in [4.69, 9.17) is 11.6 Å². The smallest absolute Gasteiger partial charge is 0.355 e. The summed E-state index contributed by atoms with van der Waals surface area (Å²) in [5, 5.41) is 8.20. The van der Waals surface area contributed by atoms with Gasteiger partial charge in [-0.1, -0.05) is 29.8 Å². The van der Waals surface area contributed by atoms with Gasteiger partial charge in [0.15, 0.2) is 11.0 Å². The van der Waals surface area contributed by atoms with Gasteiger partial charge in [-0.2, -0.15) is 13.2 Å². The van der Waals surface area contributed by atoms with Crippen molar-refractivity contribution in [1.82, 2.24) is 10.2 Å². The summed E-state index contributed by atoms with van der Waals surface area (Å²) in [6.07, 6.45) is -2.73. The molecule has 0 saturated carbocycles. The molecule has 1 aliphatic heterocycles. The van der Waals surface area contributed by atoms with Gasteiger partial charge in [-0.25, -0.2) is 0 Å². The second-order valence-corrected chi connectivity index (χ2v) is 5.99. The Labute approximate surface area is 137 Å². The second-order valence-electron chi connectivity index (χ2n) is 5.60. The van der Waals surface area contributed by atoms with Gasteiger partial charge >= 0.3 is 6.18 Å². The maximum Gasteiger partial charge on any atom is 0.416 e. The van der Waals surface area contributed by atoms with Gasteiger partial charge in [0.2, 0.25) is 0 Å². The molecule has 0 atom stereocenters. The zero-order chi connectivity index (χ0) is 16.4. The van der Waals surface area contributed by atoms with Gasteiger partial charge in [0.25, 0.3) is 0 Å². The lowest BCUT2D eigenvalue weighted by Gasteiger charge is -2.32. The molecule has 0 amide bonds. The Morgan fingerprint density at radius 3 is 2.39 bits per heavy atom. The minimum Gasteiger partial charge on any atom is -0.355 e. The van der Waals surface area contributed by atoms with Crippen LogP contribution in [0.1, 0.15) is 29.9 Å². The highest BCUT2D eigenvalue weighted by Crippen LogP contribution is 2.34. The van der Waals surface area contributed by atoms with Crippen LogP contribution in [0.15, 0.2) is 36.4 Å². The van der Waals surface area contributed by atoms with Gasteiger partial charge in [-0.3, -0.25) is 0 Å². The van der Waals surface area contributed by atoms with Crippen LogP contribution in [0.2, 0.25) is 5.15 Å². The first-order valence-electron chi connectivity index (χ1n) is 7.35. The molecule has 2 aromatic rings. The fourth-order valence-electron chi connectivity index (χ4n) is 2.89. The Hall–Kier alpha value is -1.82. The average Bonchev–Trinajstić information content (AvgIpc) is 2.55. The lowest BCUT2D eigenvalue weighted by atomic mass is 9.88. The van der Waals surface area contributed by atoms with Crippen molar-refractivity contribution in [3.8, 4) is 0 Å². The van der Waals surface area contributed by atoms with Gasteiger partial charge in [0.05, 0.1) is 5.56 Å². The minimum atomic E-state index is -4.30. The van der Waals surface area contributed by atoms with Crippen LogP contribution in [-0.2, 0) is 6.18 Å². The number of rotatable bonds is 2. The summed E-state index contributed by atoms with van der Waals surface area (Å²) in [4.78, 5) is 2.08. The third-order valence-electron chi connectivity index (χ3n) is 4.12. The monoisotopic (exact) mass is 341 g/mol. The number of hydrogen-bond donors (Lipinski definition) is 0. The number of hydrogen-bond acceptors (Lipinski definition) is 3. The van der Waals surface area contributed by atoms with Crippen LogP contribution in [0.5, 0.6) is 0 Å². The van der Waals surface area contributed by atoms with Crippen LogP contribution in [0.4, 0.5) is 19.0 Å². The van der Waals surface area contributed by atoms with Gasteiger partial charge in [0, 0.05) is 13.1 Å². The molecule has 3 rings (SSSR count). The van der Waals surface area contributed by atoms with Crippen molar-refractivity contribution in [3.63, 3.8) is 0 Å². The Morgan fingerprint density at radius 2 is 1.78 bits per heavy atom. The quantitative estimate of drug-likeness (QED) is 0.803. The van der Waals surface area contributed by atoms with Crippen molar-refractivity contribution in [2.75, 3.05) is 18.0 Å². The van der Waals surface area contributed by atoms with Crippen molar-refractivity contribution in [2.45, 2.75) is 24.9 Å². The van der Waals surface area contributed by atoms with Crippen LogP contribution in [-0.4, -0.2) is 23.3 Å². The predicted octanol–water partition coefficient (Wildman–Crippen LogP) is 4.53. The van der Waals surface area contributed by atoms with Crippen LogP contribution in [0.3, 0.4) is 0 Å². The summed E-state index contributed by atoms with van der Waals surface area (Å²) in [6, 6.07) is 9.12.